The second-order valence-electron chi connectivity index (χ2n) is 3.25. The first-order chi connectivity index (χ1) is 6.34. The second-order valence-corrected chi connectivity index (χ2v) is 4.79. The highest BCUT2D eigenvalue weighted by atomic mass is 35.5. The summed E-state index contributed by atoms with van der Waals surface area (Å²) in [6.07, 6.45) is 6.92. The molecule has 0 saturated carbocycles. The van der Waals surface area contributed by atoms with Gasteiger partial charge >= 0.3 is 0 Å². The number of halogens is 1. The van der Waals surface area contributed by atoms with E-state index in [0.717, 1.165) is 10.9 Å². The summed E-state index contributed by atoms with van der Waals surface area (Å²) in [6.45, 7) is 1.15. The van der Waals surface area contributed by atoms with Gasteiger partial charge in [-0.2, -0.15) is 0 Å². The van der Waals surface area contributed by atoms with Crippen molar-refractivity contribution < 1.29 is 0 Å². The zero-order valence-corrected chi connectivity index (χ0v) is 8.87. The molecule has 0 bridgehead atoms. The molecule has 1 unspecified atom stereocenters. The highest BCUT2D eigenvalue weighted by molar-refractivity contribution is 7.14. The standard InChI is InChI=1S/C10H12ClNS/c11-10-6-8(7-13-10)3-4-9-2-1-5-12-9/h3-4,6-7,9,12H,1-2,5H2/b4-3+. The summed E-state index contributed by atoms with van der Waals surface area (Å²) in [5.74, 6) is 0. The summed E-state index contributed by atoms with van der Waals surface area (Å²) in [4.78, 5) is 0. The Morgan fingerprint density at radius 2 is 2.54 bits per heavy atom. The fourth-order valence-electron chi connectivity index (χ4n) is 1.51. The van der Waals surface area contributed by atoms with E-state index in [1.165, 1.54) is 18.4 Å². The minimum absolute atomic E-state index is 0.568. The van der Waals surface area contributed by atoms with Gasteiger partial charge in [0.05, 0.1) is 4.34 Å². The highest BCUT2D eigenvalue weighted by Gasteiger charge is 2.09. The summed E-state index contributed by atoms with van der Waals surface area (Å²) < 4.78 is 0.860. The minimum atomic E-state index is 0.568. The topological polar surface area (TPSA) is 12.0 Å². The van der Waals surface area contributed by atoms with E-state index in [2.05, 4.69) is 22.8 Å². The van der Waals surface area contributed by atoms with E-state index in [-0.39, 0.29) is 0 Å². The first kappa shape index (κ1) is 9.25. The number of rotatable bonds is 2. The van der Waals surface area contributed by atoms with E-state index < -0.39 is 0 Å². The maximum atomic E-state index is 5.82. The van der Waals surface area contributed by atoms with E-state index in [1.807, 2.05) is 6.07 Å². The molecule has 3 heteroatoms. The van der Waals surface area contributed by atoms with Gasteiger partial charge in [-0.1, -0.05) is 23.8 Å². The largest absolute Gasteiger partial charge is 0.311 e. The smallest absolute Gasteiger partial charge is 0.0934 e. The monoisotopic (exact) mass is 213 g/mol. The van der Waals surface area contributed by atoms with Gasteiger partial charge < -0.3 is 5.32 Å². The number of hydrogen-bond acceptors (Lipinski definition) is 2. The average Bonchev–Trinajstić information content (AvgIpc) is 2.71. The maximum Gasteiger partial charge on any atom is 0.0934 e. The molecule has 1 nitrogen and oxygen atoms in total. The summed E-state index contributed by atoms with van der Waals surface area (Å²) in [7, 11) is 0. The van der Waals surface area contributed by atoms with E-state index in [4.69, 9.17) is 11.6 Å². The van der Waals surface area contributed by atoms with Crippen molar-refractivity contribution in [2.45, 2.75) is 18.9 Å². The predicted octanol–water partition coefficient (Wildman–Crippen LogP) is 3.17. The van der Waals surface area contributed by atoms with Gasteiger partial charge in [0.1, 0.15) is 0 Å². The van der Waals surface area contributed by atoms with Gasteiger partial charge in [-0.05, 0) is 36.4 Å². The van der Waals surface area contributed by atoms with Crippen LogP contribution in [0.4, 0.5) is 0 Å². The van der Waals surface area contributed by atoms with Crippen LogP contribution in [0.5, 0.6) is 0 Å². The van der Waals surface area contributed by atoms with Crippen molar-refractivity contribution in [1.29, 1.82) is 0 Å². The zero-order chi connectivity index (χ0) is 9.10. The number of thiophene rings is 1. The molecule has 2 heterocycles. The van der Waals surface area contributed by atoms with Crippen LogP contribution in [-0.4, -0.2) is 12.6 Å². The summed E-state index contributed by atoms with van der Waals surface area (Å²) >= 11 is 7.41. The van der Waals surface area contributed by atoms with E-state index in [9.17, 15) is 0 Å². The van der Waals surface area contributed by atoms with Gasteiger partial charge in [0, 0.05) is 6.04 Å². The molecule has 0 spiro atoms. The van der Waals surface area contributed by atoms with Crippen molar-refractivity contribution in [3.05, 3.63) is 27.4 Å². The van der Waals surface area contributed by atoms with Crippen molar-refractivity contribution in [1.82, 2.24) is 5.32 Å². The molecule has 2 rings (SSSR count). The van der Waals surface area contributed by atoms with E-state index in [0.29, 0.717) is 6.04 Å². The summed E-state index contributed by atoms with van der Waals surface area (Å²) in [5.41, 5.74) is 1.21. The molecule has 0 aromatic carbocycles. The molecule has 70 valence electrons. The van der Waals surface area contributed by atoms with Crippen LogP contribution < -0.4 is 5.32 Å². The van der Waals surface area contributed by atoms with Gasteiger partial charge in [-0.3, -0.25) is 0 Å². The Morgan fingerprint density at radius 3 is 3.15 bits per heavy atom. The third-order valence-corrected chi connectivity index (χ3v) is 3.32. The van der Waals surface area contributed by atoms with Crippen molar-refractivity contribution in [2.75, 3.05) is 6.54 Å². The lowest BCUT2D eigenvalue weighted by molar-refractivity contribution is 0.730. The minimum Gasteiger partial charge on any atom is -0.311 e. The van der Waals surface area contributed by atoms with E-state index in [1.54, 1.807) is 11.3 Å². The molecule has 0 amide bonds. The molecule has 1 aromatic rings. The SMILES string of the molecule is Clc1cc(/C=C/C2CCCN2)cs1. The van der Waals surface area contributed by atoms with Crippen LogP contribution >= 0.6 is 22.9 Å². The lowest BCUT2D eigenvalue weighted by atomic mass is 10.2. The first-order valence-corrected chi connectivity index (χ1v) is 5.76. The van der Waals surface area contributed by atoms with Crippen LogP contribution in [0.3, 0.4) is 0 Å². The quantitative estimate of drug-likeness (QED) is 0.796. The molecule has 1 aliphatic rings. The van der Waals surface area contributed by atoms with Crippen LogP contribution in [0.25, 0.3) is 6.08 Å². The van der Waals surface area contributed by atoms with Crippen LogP contribution in [-0.2, 0) is 0 Å². The second kappa shape index (κ2) is 4.27. The molecule has 0 radical (unpaired) electrons. The first-order valence-electron chi connectivity index (χ1n) is 4.50. The lowest BCUT2D eigenvalue weighted by Gasteiger charge is -2.00. The van der Waals surface area contributed by atoms with Crippen LogP contribution in [0, 0.1) is 0 Å². The Kier molecular flexibility index (Phi) is 3.04. The van der Waals surface area contributed by atoms with Gasteiger partial charge in [0.2, 0.25) is 0 Å². The molecule has 1 saturated heterocycles. The Balaban J connectivity index is 1.96. The molecule has 1 aromatic heterocycles. The van der Waals surface area contributed by atoms with Gasteiger partial charge in [-0.15, -0.1) is 11.3 Å². The molecular weight excluding hydrogens is 202 g/mol. The van der Waals surface area contributed by atoms with Crippen LogP contribution in [0.2, 0.25) is 4.34 Å². The number of hydrogen-bond donors (Lipinski definition) is 1. The predicted molar refractivity (Wildman–Crippen MR) is 59.4 cm³/mol. The average molecular weight is 214 g/mol. The van der Waals surface area contributed by atoms with Gasteiger partial charge in [-0.25, -0.2) is 0 Å². The van der Waals surface area contributed by atoms with Crippen molar-refractivity contribution in [3.8, 4) is 0 Å². The van der Waals surface area contributed by atoms with Crippen LogP contribution in [0.1, 0.15) is 18.4 Å². The summed E-state index contributed by atoms with van der Waals surface area (Å²) in [5, 5.41) is 5.49. The molecule has 13 heavy (non-hydrogen) atoms. The lowest BCUT2D eigenvalue weighted by Crippen LogP contribution is -2.17. The van der Waals surface area contributed by atoms with Crippen molar-refractivity contribution >= 4 is 29.0 Å². The number of nitrogens with one attached hydrogen (secondary N) is 1. The molecule has 1 fully saturated rings. The molecule has 0 aliphatic carbocycles. The Labute approximate surface area is 87.4 Å². The molecular formula is C10H12ClNS. The zero-order valence-electron chi connectivity index (χ0n) is 7.29. The summed E-state index contributed by atoms with van der Waals surface area (Å²) in [6, 6.07) is 2.57. The Hall–Kier alpha value is -0.310. The van der Waals surface area contributed by atoms with Crippen LogP contribution in [0.15, 0.2) is 17.5 Å². The van der Waals surface area contributed by atoms with E-state index >= 15 is 0 Å². The molecule has 1 atom stereocenters. The third kappa shape index (κ3) is 2.56. The maximum absolute atomic E-state index is 5.82. The highest BCUT2D eigenvalue weighted by Crippen LogP contribution is 2.21. The Morgan fingerprint density at radius 1 is 1.62 bits per heavy atom. The Bertz CT molecular complexity index is 300. The van der Waals surface area contributed by atoms with Gasteiger partial charge in [0.25, 0.3) is 0 Å². The fraction of sp³-hybridized carbons (Fsp3) is 0.400. The molecule has 1 N–H and O–H groups in total. The molecule has 1 aliphatic heterocycles. The normalized spacial score (nSPS) is 23.0. The van der Waals surface area contributed by atoms with Crippen molar-refractivity contribution in [2.24, 2.45) is 0 Å². The van der Waals surface area contributed by atoms with Gasteiger partial charge in [0.15, 0.2) is 0 Å². The fourth-order valence-corrected chi connectivity index (χ4v) is 2.37. The van der Waals surface area contributed by atoms with Crippen molar-refractivity contribution in [3.63, 3.8) is 0 Å². The third-order valence-electron chi connectivity index (χ3n) is 2.21.